The molecule has 80 valence electrons. The third kappa shape index (κ3) is 2.67. The first kappa shape index (κ1) is 10.4. The molecule has 1 fully saturated rings. The quantitative estimate of drug-likeness (QED) is 0.607. The predicted molar refractivity (Wildman–Crippen MR) is 59.0 cm³/mol. The molecule has 4 nitrogen and oxygen atoms in total. The summed E-state index contributed by atoms with van der Waals surface area (Å²) in [6, 6.07) is 5.73. The number of aromatic nitrogens is 1. The van der Waals surface area contributed by atoms with Gasteiger partial charge >= 0.3 is 0 Å². The Kier molecular flexibility index (Phi) is 2.97. The Morgan fingerprint density at radius 2 is 2.44 bits per heavy atom. The number of nitriles is 1. The van der Waals surface area contributed by atoms with Gasteiger partial charge in [0.2, 0.25) is 0 Å². The highest BCUT2D eigenvalue weighted by molar-refractivity contribution is 6.01. The Bertz CT molecular complexity index is 455. The van der Waals surface area contributed by atoms with Crippen molar-refractivity contribution >= 4 is 12.0 Å². The summed E-state index contributed by atoms with van der Waals surface area (Å²) in [5, 5.41) is 11.7. The summed E-state index contributed by atoms with van der Waals surface area (Å²) in [5.41, 5.74) is 0.880. The van der Waals surface area contributed by atoms with E-state index < -0.39 is 0 Å². The van der Waals surface area contributed by atoms with Crippen LogP contribution in [0.2, 0.25) is 0 Å². The lowest BCUT2D eigenvalue weighted by Gasteiger charge is -2.00. The van der Waals surface area contributed by atoms with Crippen LogP contribution in [0.5, 0.6) is 0 Å². The second-order valence-corrected chi connectivity index (χ2v) is 3.70. The van der Waals surface area contributed by atoms with Crippen molar-refractivity contribution in [2.45, 2.75) is 18.9 Å². The summed E-state index contributed by atoms with van der Waals surface area (Å²) in [6.07, 6.45) is 6.83. The Morgan fingerprint density at radius 3 is 3.00 bits per heavy atom. The maximum atomic E-state index is 11.6. The van der Waals surface area contributed by atoms with E-state index in [4.69, 9.17) is 5.26 Å². The summed E-state index contributed by atoms with van der Waals surface area (Å²) in [4.78, 5) is 15.5. The van der Waals surface area contributed by atoms with E-state index in [9.17, 15) is 4.79 Å². The Balaban J connectivity index is 2.12. The largest absolute Gasteiger partial charge is 0.349 e. The van der Waals surface area contributed by atoms with Gasteiger partial charge < -0.3 is 5.32 Å². The molecule has 1 saturated carbocycles. The van der Waals surface area contributed by atoms with Gasteiger partial charge in [-0.1, -0.05) is 6.07 Å². The normalized spacial score (nSPS) is 15.3. The molecule has 0 atom stereocenters. The molecule has 1 heterocycles. The lowest BCUT2D eigenvalue weighted by atomic mass is 10.1. The minimum Gasteiger partial charge on any atom is -0.349 e. The summed E-state index contributed by atoms with van der Waals surface area (Å²) in [6.45, 7) is 0. The summed E-state index contributed by atoms with van der Waals surface area (Å²) < 4.78 is 0. The van der Waals surface area contributed by atoms with E-state index >= 15 is 0 Å². The lowest BCUT2D eigenvalue weighted by Crippen LogP contribution is -2.26. The summed E-state index contributed by atoms with van der Waals surface area (Å²) in [5.74, 6) is -0.297. The van der Waals surface area contributed by atoms with Gasteiger partial charge in [0, 0.05) is 18.4 Å². The topological polar surface area (TPSA) is 65.8 Å². The molecule has 1 aliphatic carbocycles. The average molecular weight is 213 g/mol. The smallest absolute Gasteiger partial charge is 0.262 e. The molecule has 16 heavy (non-hydrogen) atoms. The highest BCUT2D eigenvalue weighted by Gasteiger charge is 2.24. The van der Waals surface area contributed by atoms with Crippen LogP contribution in [-0.2, 0) is 4.79 Å². The molecule has 1 aromatic rings. The molecule has 2 rings (SSSR count). The average Bonchev–Trinajstić information content (AvgIpc) is 3.11. The molecule has 0 spiro atoms. The van der Waals surface area contributed by atoms with E-state index in [0.717, 1.165) is 18.4 Å². The Morgan fingerprint density at radius 1 is 1.62 bits per heavy atom. The van der Waals surface area contributed by atoms with Crippen molar-refractivity contribution in [1.82, 2.24) is 10.3 Å². The molecular formula is C12H11N3O. The molecule has 4 heteroatoms. The monoisotopic (exact) mass is 213 g/mol. The minimum atomic E-state index is -0.297. The van der Waals surface area contributed by atoms with Crippen LogP contribution >= 0.6 is 0 Å². The van der Waals surface area contributed by atoms with Crippen molar-refractivity contribution in [2.24, 2.45) is 0 Å². The highest BCUT2D eigenvalue weighted by Crippen LogP contribution is 2.19. The Hall–Kier alpha value is -2.15. The van der Waals surface area contributed by atoms with Crippen molar-refractivity contribution < 1.29 is 4.79 Å². The first-order valence-corrected chi connectivity index (χ1v) is 5.12. The van der Waals surface area contributed by atoms with Gasteiger partial charge in [-0.25, -0.2) is 0 Å². The molecule has 0 aliphatic heterocycles. The standard InChI is InChI=1S/C12H11N3O/c13-7-10(12(16)15-11-3-4-11)6-9-2-1-5-14-8-9/h1-2,5-6,8,11H,3-4H2,(H,15,16)/b10-6+. The third-order valence-corrected chi connectivity index (χ3v) is 2.27. The van der Waals surface area contributed by atoms with Crippen LogP contribution in [0.15, 0.2) is 30.1 Å². The van der Waals surface area contributed by atoms with Gasteiger partial charge in [-0.2, -0.15) is 5.26 Å². The number of nitrogens with zero attached hydrogens (tertiary/aromatic N) is 2. The van der Waals surface area contributed by atoms with Gasteiger partial charge in [-0.15, -0.1) is 0 Å². The fourth-order valence-electron chi connectivity index (χ4n) is 1.27. The second-order valence-electron chi connectivity index (χ2n) is 3.70. The van der Waals surface area contributed by atoms with Crippen molar-refractivity contribution in [2.75, 3.05) is 0 Å². The fraction of sp³-hybridized carbons (Fsp3) is 0.250. The van der Waals surface area contributed by atoms with Crippen LogP contribution in [0.3, 0.4) is 0 Å². The molecule has 0 radical (unpaired) electrons. The van der Waals surface area contributed by atoms with Crippen LogP contribution < -0.4 is 5.32 Å². The zero-order valence-electron chi connectivity index (χ0n) is 8.68. The molecule has 0 aromatic carbocycles. The van der Waals surface area contributed by atoms with E-state index in [1.54, 1.807) is 30.6 Å². The van der Waals surface area contributed by atoms with Gasteiger partial charge in [0.15, 0.2) is 0 Å². The SMILES string of the molecule is N#C/C(=C\c1cccnc1)C(=O)NC1CC1. The number of nitrogens with one attached hydrogen (secondary N) is 1. The number of hydrogen-bond acceptors (Lipinski definition) is 3. The lowest BCUT2D eigenvalue weighted by molar-refractivity contribution is -0.117. The third-order valence-electron chi connectivity index (χ3n) is 2.27. The molecule has 0 bridgehead atoms. The molecule has 1 amide bonds. The second kappa shape index (κ2) is 4.58. The first-order valence-electron chi connectivity index (χ1n) is 5.12. The van der Waals surface area contributed by atoms with Crippen molar-refractivity contribution in [3.63, 3.8) is 0 Å². The predicted octanol–water partition coefficient (Wildman–Crippen LogP) is 1.27. The van der Waals surface area contributed by atoms with Crippen LogP contribution in [0.25, 0.3) is 6.08 Å². The molecule has 0 saturated heterocycles. The van der Waals surface area contributed by atoms with E-state index in [1.807, 2.05) is 6.07 Å². The number of carbonyl (C=O) groups is 1. The number of amides is 1. The maximum absolute atomic E-state index is 11.6. The van der Waals surface area contributed by atoms with E-state index in [0.29, 0.717) is 0 Å². The summed E-state index contributed by atoms with van der Waals surface area (Å²) in [7, 11) is 0. The highest BCUT2D eigenvalue weighted by atomic mass is 16.1. The zero-order valence-corrected chi connectivity index (χ0v) is 8.68. The maximum Gasteiger partial charge on any atom is 0.262 e. The fourth-order valence-corrected chi connectivity index (χ4v) is 1.27. The van der Waals surface area contributed by atoms with Crippen molar-refractivity contribution in [1.29, 1.82) is 5.26 Å². The minimum absolute atomic E-state index is 0.125. The van der Waals surface area contributed by atoms with Crippen LogP contribution in [0, 0.1) is 11.3 Å². The van der Waals surface area contributed by atoms with Gasteiger partial charge in [0.05, 0.1) is 0 Å². The first-order chi connectivity index (χ1) is 7.79. The van der Waals surface area contributed by atoms with E-state index in [1.165, 1.54) is 0 Å². The molecule has 1 aromatic heterocycles. The number of pyridine rings is 1. The van der Waals surface area contributed by atoms with Gasteiger partial charge in [0.1, 0.15) is 11.6 Å². The molecule has 0 unspecified atom stereocenters. The molecule has 1 N–H and O–H groups in total. The summed E-state index contributed by atoms with van der Waals surface area (Å²) >= 11 is 0. The van der Waals surface area contributed by atoms with Crippen molar-refractivity contribution in [3.8, 4) is 6.07 Å². The number of rotatable bonds is 3. The number of hydrogen-bond donors (Lipinski definition) is 1. The van der Waals surface area contributed by atoms with Gasteiger partial charge in [-0.05, 0) is 30.5 Å². The molecular weight excluding hydrogens is 202 g/mol. The zero-order chi connectivity index (χ0) is 11.4. The van der Waals surface area contributed by atoms with Crippen molar-refractivity contribution in [3.05, 3.63) is 35.7 Å². The van der Waals surface area contributed by atoms with Crippen LogP contribution in [0.1, 0.15) is 18.4 Å². The number of carbonyl (C=O) groups excluding carboxylic acids is 1. The van der Waals surface area contributed by atoms with E-state index in [2.05, 4.69) is 10.3 Å². The van der Waals surface area contributed by atoms with E-state index in [-0.39, 0.29) is 17.5 Å². The van der Waals surface area contributed by atoms with Gasteiger partial charge in [-0.3, -0.25) is 9.78 Å². The van der Waals surface area contributed by atoms with Crippen LogP contribution in [-0.4, -0.2) is 16.9 Å². The Labute approximate surface area is 93.6 Å². The van der Waals surface area contributed by atoms with Gasteiger partial charge in [0.25, 0.3) is 5.91 Å². The molecule has 1 aliphatic rings. The van der Waals surface area contributed by atoms with Crippen LogP contribution in [0.4, 0.5) is 0 Å².